The molecule has 8 nitrogen and oxygen atoms in total. The second kappa shape index (κ2) is 12.1. The molecule has 37 heavy (non-hydrogen) atoms. The molecule has 1 saturated heterocycles. The maximum absolute atomic E-state index is 13.7. The number of anilines is 1. The molecule has 194 valence electrons. The average molecular weight is 636 g/mol. The van der Waals surface area contributed by atoms with E-state index in [2.05, 4.69) is 33.2 Å². The van der Waals surface area contributed by atoms with E-state index in [1.807, 2.05) is 43.3 Å². The summed E-state index contributed by atoms with van der Waals surface area (Å²) < 4.78 is 6.31. The Morgan fingerprint density at radius 2 is 1.86 bits per heavy atom. The van der Waals surface area contributed by atoms with E-state index in [1.54, 1.807) is 36.4 Å². The SMILES string of the molecule is C[C@@H](c1ccccc1)[C@@H](C(=O)Nc1ccc(I)cc1Cl)N1C(=O)N[C@H](c2ccc(OCCO)cc2)[C@H]1O. The monoisotopic (exact) mass is 635 g/mol. The minimum Gasteiger partial charge on any atom is -0.491 e. The lowest BCUT2D eigenvalue weighted by molar-refractivity contribution is -0.124. The van der Waals surface area contributed by atoms with Crippen molar-refractivity contribution in [2.24, 2.45) is 0 Å². The van der Waals surface area contributed by atoms with Gasteiger partial charge in [-0.3, -0.25) is 9.69 Å². The largest absolute Gasteiger partial charge is 0.491 e. The number of ether oxygens (including phenoxy) is 1. The van der Waals surface area contributed by atoms with Crippen LogP contribution in [0.5, 0.6) is 5.75 Å². The fourth-order valence-corrected chi connectivity index (χ4v) is 5.28. The smallest absolute Gasteiger partial charge is 0.320 e. The van der Waals surface area contributed by atoms with E-state index in [-0.39, 0.29) is 13.2 Å². The minimum atomic E-state index is -1.31. The topological polar surface area (TPSA) is 111 Å². The second-order valence-electron chi connectivity index (χ2n) is 8.65. The molecule has 0 radical (unpaired) electrons. The molecule has 0 bridgehead atoms. The number of carbonyl (C=O) groups excluding carboxylic acids is 2. The molecule has 0 aliphatic carbocycles. The number of amides is 3. The highest BCUT2D eigenvalue weighted by molar-refractivity contribution is 14.1. The highest BCUT2D eigenvalue weighted by atomic mass is 127. The van der Waals surface area contributed by atoms with Crippen molar-refractivity contribution < 1.29 is 24.5 Å². The van der Waals surface area contributed by atoms with Crippen LogP contribution in [-0.2, 0) is 4.79 Å². The van der Waals surface area contributed by atoms with E-state index in [1.165, 1.54) is 4.90 Å². The van der Waals surface area contributed by atoms with Crippen LogP contribution in [0.3, 0.4) is 0 Å². The summed E-state index contributed by atoms with van der Waals surface area (Å²) in [5.41, 5.74) is 1.90. The number of benzene rings is 3. The molecule has 1 aliphatic rings. The van der Waals surface area contributed by atoms with Crippen molar-refractivity contribution >= 4 is 51.8 Å². The lowest BCUT2D eigenvalue weighted by Gasteiger charge is -2.34. The van der Waals surface area contributed by atoms with Crippen LogP contribution in [0.1, 0.15) is 30.0 Å². The Balaban J connectivity index is 1.64. The molecule has 3 aromatic carbocycles. The second-order valence-corrected chi connectivity index (χ2v) is 10.3. The molecule has 0 spiro atoms. The first-order valence-corrected chi connectivity index (χ1v) is 13.2. The van der Waals surface area contributed by atoms with Crippen molar-refractivity contribution in [3.05, 3.63) is 92.5 Å². The average Bonchev–Trinajstić information content (AvgIpc) is 3.19. The van der Waals surface area contributed by atoms with Gasteiger partial charge in [-0.05, 0) is 64.0 Å². The van der Waals surface area contributed by atoms with Gasteiger partial charge < -0.3 is 25.6 Å². The third kappa shape index (κ3) is 6.18. The van der Waals surface area contributed by atoms with Crippen LogP contribution in [-0.4, -0.2) is 52.5 Å². The van der Waals surface area contributed by atoms with Crippen molar-refractivity contribution in [3.8, 4) is 5.75 Å². The van der Waals surface area contributed by atoms with E-state index < -0.39 is 36.2 Å². The summed E-state index contributed by atoms with van der Waals surface area (Å²) in [7, 11) is 0. The molecule has 0 aromatic heterocycles. The molecule has 1 aliphatic heterocycles. The summed E-state index contributed by atoms with van der Waals surface area (Å²) in [6, 6.07) is 19.1. The van der Waals surface area contributed by atoms with Crippen molar-refractivity contribution in [3.63, 3.8) is 0 Å². The van der Waals surface area contributed by atoms with Gasteiger partial charge in [0.1, 0.15) is 24.4 Å². The first kappa shape index (κ1) is 27.2. The van der Waals surface area contributed by atoms with Crippen molar-refractivity contribution in [2.45, 2.75) is 31.2 Å². The number of hydrogen-bond acceptors (Lipinski definition) is 5. The van der Waals surface area contributed by atoms with Gasteiger partial charge in [0, 0.05) is 9.49 Å². The number of aliphatic hydroxyl groups is 2. The Labute approximate surface area is 233 Å². The number of rotatable bonds is 9. The zero-order chi connectivity index (χ0) is 26.5. The van der Waals surface area contributed by atoms with Crippen LogP contribution in [0.15, 0.2) is 72.8 Å². The minimum absolute atomic E-state index is 0.107. The number of halogens is 2. The zero-order valence-electron chi connectivity index (χ0n) is 20.0. The molecular weight excluding hydrogens is 609 g/mol. The van der Waals surface area contributed by atoms with Gasteiger partial charge in [-0.25, -0.2) is 4.79 Å². The van der Waals surface area contributed by atoms with Crippen LogP contribution in [0.4, 0.5) is 10.5 Å². The van der Waals surface area contributed by atoms with Crippen molar-refractivity contribution in [1.82, 2.24) is 10.2 Å². The summed E-state index contributed by atoms with van der Waals surface area (Å²) in [4.78, 5) is 28.1. The molecule has 4 N–H and O–H groups in total. The molecule has 3 aromatic rings. The standard InChI is InChI=1S/C27H27ClIN3O5/c1-16(17-5-3-2-4-6-17)24(25(34)30-22-12-9-19(29)15-21(22)28)32-26(35)23(31-27(32)36)18-7-10-20(11-8-18)37-14-13-33/h2-12,15-16,23-24,26,33,35H,13-14H2,1H3,(H,30,34)(H,31,36)/t16-,23+,24-,26+/m0/s1. The normalized spacial score (nSPS) is 18.7. The van der Waals surface area contributed by atoms with E-state index in [9.17, 15) is 14.7 Å². The van der Waals surface area contributed by atoms with Gasteiger partial charge in [0.25, 0.3) is 0 Å². The number of nitrogens with one attached hydrogen (secondary N) is 2. The summed E-state index contributed by atoms with van der Waals surface area (Å²) in [6.45, 7) is 1.90. The number of urea groups is 1. The van der Waals surface area contributed by atoms with Crippen LogP contribution in [0.25, 0.3) is 0 Å². The highest BCUT2D eigenvalue weighted by Crippen LogP contribution is 2.34. The van der Waals surface area contributed by atoms with E-state index >= 15 is 0 Å². The lowest BCUT2D eigenvalue weighted by Crippen LogP contribution is -2.52. The van der Waals surface area contributed by atoms with Gasteiger partial charge in [-0.15, -0.1) is 0 Å². The predicted octanol–water partition coefficient (Wildman–Crippen LogP) is 4.51. The van der Waals surface area contributed by atoms with Gasteiger partial charge in [-0.2, -0.15) is 0 Å². The third-order valence-electron chi connectivity index (χ3n) is 6.25. The number of carbonyl (C=O) groups is 2. The first-order valence-electron chi connectivity index (χ1n) is 11.7. The fraction of sp³-hybridized carbons (Fsp3) is 0.259. The van der Waals surface area contributed by atoms with Gasteiger partial charge >= 0.3 is 6.03 Å². The Kier molecular flexibility index (Phi) is 8.91. The summed E-state index contributed by atoms with van der Waals surface area (Å²) in [5.74, 6) is -0.364. The molecule has 1 fully saturated rings. The first-order chi connectivity index (χ1) is 17.8. The molecule has 4 atom stereocenters. The molecule has 0 unspecified atom stereocenters. The molecule has 3 amide bonds. The van der Waals surface area contributed by atoms with Gasteiger partial charge in [0.05, 0.1) is 17.3 Å². The lowest BCUT2D eigenvalue weighted by atomic mass is 9.91. The predicted molar refractivity (Wildman–Crippen MR) is 150 cm³/mol. The fourth-order valence-electron chi connectivity index (χ4n) is 4.37. The van der Waals surface area contributed by atoms with E-state index in [4.69, 9.17) is 21.4 Å². The number of aliphatic hydroxyl groups excluding tert-OH is 2. The van der Waals surface area contributed by atoms with Crippen LogP contribution >= 0.6 is 34.2 Å². The van der Waals surface area contributed by atoms with Gasteiger partial charge in [-0.1, -0.05) is 61.0 Å². The molecule has 0 saturated carbocycles. The van der Waals surface area contributed by atoms with E-state index in [0.29, 0.717) is 22.0 Å². The Morgan fingerprint density at radius 3 is 2.51 bits per heavy atom. The highest BCUT2D eigenvalue weighted by Gasteiger charge is 2.47. The van der Waals surface area contributed by atoms with Crippen molar-refractivity contribution in [1.29, 1.82) is 0 Å². The van der Waals surface area contributed by atoms with Crippen LogP contribution < -0.4 is 15.4 Å². The van der Waals surface area contributed by atoms with Gasteiger partial charge in [0.15, 0.2) is 6.23 Å². The van der Waals surface area contributed by atoms with Crippen LogP contribution in [0.2, 0.25) is 5.02 Å². The zero-order valence-corrected chi connectivity index (χ0v) is 22.9. The molecule has 1 heterocycles. The Bertz CT molecular complexity index is 1240. The Morgan fingerprint density at radius 1 is 1.16 bits per heavy atom. The van der Waals surface area contributed by atoms with Gasteiger partial charge in [0.2, 0.25) is 5.91 Å². The summed E-state index contributed by atoms with van der Waals surface area (Å²) in [5, 5.41) is 26.3. The maximum atomic E-state index is 13.7. The maximum Gasteiger partial charge on any atom is 0.320 e. The third-order valence-corrected chi connectivity index (χ3v) is 7.24. The van der Waals surface area contributed by atoms with Crippen molar-refractivity contribution in [2.75, 3.05) is 18.5 Å². The van der Waals surface area contributed by atoms with E-state index in [0.717, 1.165) is 9.13 Å². The Hall–Kier alpha value is -2.86. The molecule has 4 rings (SSSR count). The molecule has 10 heteroatoms. The summed E-state index contributed by atoms with van der Waals surface area (Å²) >= 11 is 8.48. The number of nitrogens with zero attached hydrogens (tertiary/aromatic N) is 1. The molecular formula is C27H27ClIN3O5. The van der Waals surface area contributed by atoms with Crippen LogP contribution in [0, 0.1) is 3.57 Å². The number of hydrogen-bond donors (Lipinski definition) is 4. The quantitative estimate of drug-likeness (QED) is 0.259. The summed E-state index contributed by atoms with van der Waals surface area (Å²) in [6.07, 6.45) is -1.31.